The number of rotatable bonds is 10. The number of benzene rings is 3. The minimum Gasteiger partial charge on any atom is -0.490 e. The number of hydrogen-bond acceptors (Lipinski definition) is 7. The molecule has 3 rings (SSSR count). The van der Waals surface area contributed by atoms with Crippen molar-refractivity contribution in [1.82, 2.24) is 5.43 Å². The Hall–Kier alpha value is -3.71. The van der Waals surface area contributed by atoms with E-state index in [1.165, 1.54) is 24.4 Å². The van der Waals surface area contributed by atoms with Gasteiger partial charge < -0.3 is 14.8 Å². The number of carbonyl (C=O) groups excluding carboxylic acids is 2. The number of nitro benzene ring substituents is 1. The first-order valence-electron chi connectivity index (χ1n) is 10.5. The van der Waals surface area contributed by atoms with Gasteiger partial charge in [-0.2, -0.15) is 5.10 Å². The van der Waals surface area contributed by atoms with Gasteiger partial charge in [-0.3, -0.25) is 19.7 Å². The minimum absolute atomic E-state index is 0.102. The summed E-state index contributed by atoms with van der Waals surface area (Å²) in [4.78, 5) is 34.9. The van der Waals surface area contributed by atoms with Crippen LogP contribution in [-0.4, -0.2) is 36.2 Å². The molecule has 0 bridgehead atoms. The Balaban J connectivity index is 1.67. The van der Waals surface area contributed by atoms with E-state index in [9.17, 15) is 19.7 Å². The third-order valence-electron chi connectivity index (χ3n) is 4.53. The van der Waals surface area contributed by atoms with Crippen molar-refractivity contribution >= 4 is 63.6 Å². The second-order valence-corrected chi connectivity index (χ2v) is 8.66. The molecular weight excluding hydrogens is 603 g/mol. The summed E-state index contributed by atoms with van der Waals surface area (Å²) in [5.41, 5.74) is 3.31. The smallest absolute Gasteiger partial charge is 0.271 e. The highest BCUT2D eigenvalue weighted by Gasteiger charge is 2.15. The second-order valence-electron chi connectivity index (χ2n) is 7.09. The maximum atomic E-state index is 12.3. The van der Waals surface area contributed by atoms with E-state index < -0.39 is 16.7 Å². The van der Waals surface area contributed by atoms with Gasteiger partial charge in [0.25, 0.3) is 17.5 Å². The van der Waals surface area contributed by atoms with E-state index in [4.69, 9.17) is 21.1 Å². The van der Waals surface area contributed by atoms with Crippen LogP contribution < -0.4 is 20.2 Å². The van der Waals surface area contributed by atoms with Gasteiger partial charge >= 0.3 is 0 Å². The van der Waals surface area contributed by atoms with Gasteiger partial charge in [0.2, 0.25) is 0 Å². The zero-order valence-corrected chi connectivity index (χ0v) is 21.8. The highest BCUT2D eigenvalue weighted by molar-refractivity contribution is 14.1. The molecule has 0 saturated carbocycles. The van der Waals surface area contributed by atoms with Gasteiger partial charge in [0.15, 0.2) is 18.1 Å². The van der Waals surface area contributed by atoms with Crippen molar-refractivity contribution in [2.24, 2.45) is 5.10 Å². The predicted molar refractivity (Wildman–Crippen MR) is 144 cm³/mol. The van der Waals surface area contributed by atoms with Gasteiger partial charge in [-0.1, -0.05) is 29.8 Å². The molecule has 186 valence electrons. The van der Waals surface area contributed by atoms with Crippen molar-refractivity contribution in [3.05, 3.63) is 90.5 Å². The first-order valence-corrected chi connectivity index (χ1v) is 12.0. The van der Waals surface area contributed by atoms with Gasteiger partial charge in [-0.15, -0.1) is 0 Å². The highest BCUT2D eigenvalue weighted by atomic mass is 127. The molecule has 3 aromatic carbocycles. The lowest BCUT2D eigenvalue weighted by molar-refractivity contribution is -0.384. The number of non-ortho nitro benzene ring substituents is 1. The first kappa shape index (κ1) is 26.9. The summed E-state index contributed by atoms with van der Waals surface area (Å²) in [7, 11) is 0. The molecule has 0 aromatic heterocycles. The van der Waals surface area contributed by atoms with Crippen molar-refractivity contribution in [1.29, 1.82) is 0 Å². The number of nitro groups is 1. The van der Waals surface area contributed by atoms with Crippen LogP contribution >= 0.6 is 34.2 Å². The molecule has 0 saturated heterocycles. The average molecular weight is 623 g/mol. The first-order chi connectivity index (χ1) is 17.3. The normalized spacial score (nSPS) is 10.6. The zero-order chi connectivity index (χ0) is 26.1. The summed E-state index contributed by atoms with van der Waals surface area (Å²) in [5.74, 6) is -0.221. The van der Waals surface area contributed by atoms with Crippen LogP contribution in [0.3, 0.4) is 0 Å². The standard InChI is InChI=1S/C24H20ClIN4O6/c1-2-35-21-11-15(13-27-29-24(32)16-6-5-7-17(12-16)30(33)34)10-19(26)23(21)36-14-22(31)28-20-9-4-3-8-18(20)25/h3-13H,2,14H2,1H3,(H,28,31)(H,29,32)/b27-13+. The fourth-order valence-corrected chi connectivity index (χ4v) is 3.91. The lowest BCUT2D eigenvalue weighted by Gasteiger charge is -2.15. The molecule has 0 heterocycles. The number of nitrogens with one attached hydrogen (secondary N) is 2. The number of hydrogen-bond donors (Lipinski definition) is 2. The largest absolute Gasteiger partial charge is 0.490 e. The van der Waals surface area contributed by atoms with Crippen molar-refractivity contribution < 1.29 is 24.0 Å². The third-order valence-corrected chi connectivity index (χ3v) is 5.66. The topological polar surface area (TPSA) is 132 Å². The van der Waals surface area contributed by atoms with E-state index in [1.807, 2.05) is 22.6 Å². The molecule has 12 heteroatoms. The van der Waals surface area contributed by atoms with Gasteiger partial charge in [-0.25, -0.2) is 5.43 Å². The van der Waals surface area contributed by atoms with Crippen LogP contribution in [0, 0.1) is 13.7 Å². The van der Waals surface area contributed by atoms with E-state index in [0.717, 1.165) is 6.07 Å². The van der Waals surface area contributed by atoms with E-state index in [1.54, 1.807) is 43.3 Å². The molecule has 0 aliphatic rings. The quantitative estimate of drug-likeness (QED) is 0.141. The molecule has 2 N–H and O–H groups in total. The highest BCUT2D eigenvalue weighted by Crippen LogP contribution is 2.34. The second kappa shape index (κ2) is 12.8. The lowest BCUT2D eigenvalue weighted by atomic mass is 10.2. The molecule has 2 amide bonds. The molecule has 0 aliphatic carbocycles. The molecular formula is C24H20ClIN4O6. The Morgan fingerprint density at radius 1 is 1.14 bits per heavy atom. The average Bonchev–Trinajstić information content (AvgIpc) is 2.85. The number of amides is 2. The van der Waals surface area contributed by atoms with Gasteiger partial charge in [-0.05, 0) is 65.4 Å². The van der Waals surface area contributed by atoms with Gasteiger partial charge in [0.05, 0.1) is 32.0 Å². The maximum absolute atomic E-state index is 12.3. The number of nitrogens with zero attached hydrogens (tertiary/aromatic N) is 2. The minimum atomic E-state index is -0.598. The molecule has 0 atom stereocenters. The number of ether oxygens (including phenoxy) is 2. The number of hydrazone groups is 1. The summed E-state index contributed by atoms with van der Waals surface area (Å²) in [5, 5.41) is 17.9. The lowest BCUT2D eigenvalue weighted by Crippen LogP contribution is -2.21. The van der Waals surface area contributed by atoms with Crippen LogP contribution in [-0.2, 0) is 4.79 Å². The molecule has 0 radical (unpaired) electrons. The summed E-state index contributed by atoms with van der Waals surface area (Å²) < 4.78 is 12.0. The number of anilines is 1. The molecule has 36 heavy (non-hydrogen) atoms. The van der Waals surface area contributed by atoms with Crippen LogP contribution in [0.4, 0.5) is 11.4 Å². The summed E-state index contributed by atoms with van der Waals surface area (Å²) in [6.07, 6.45) is 1.40. The molecule has 0 fully saturated rings. The summed E-state index contributed by atoms with van der Waals surface area (Å²) >= 11 is 8.11. The fraction of sp³-hybridized carbons (Fsp3) is 0.125. The van der Waals surface area contributed by atoms with Crippen LogP contribution in [0.25, 0.3) is 0 Å². The molecule has 0 aliphatic heterocycles. The van der Waals surface area contributed by atoms with Gasteiger partial charge in [0.1, 0.15) is 0 Å². The number of carbonyl (C=O) groups is 2. The van der Waals surface area contributed by atoms with Crippen molar-refractivity contribution in [3.8, 4) is 11.5 Å². The van der Waals surface area contributed by atoms with E-state index in [-0.39, 0.29) is 17.9 Å². The summed E-state index contributed by atoms with van der Waals surface area (Å²) in [6, 6.07) is 15.6. The molecule has 0 spiro atoms. The van der Waals surface area contributed by atoms with Crippen molar-refractivity contribution in [3.63, 3.8) is 0 Å². The van der Waals surface area contributed by atoms with Crippen molar-refractivity contribution in [2.75, 3.05) is 18.5 Å². The van der Waals surface area contributed by atoms with Crippen LogP contribution in [0.5, 0.6) is 11.5 Å². The van der Waals surface area contributed by atoms with Crippen LogP contribution in [0.1, 0.15) is 22.8 Å². The third kappa shape index (κ3) is 7.39. The maximum Gasteiger partial charge on any atom is 0.271 e. The number of halogens is 2. The Bertz CT molecular complexity index is 1320. The van der Waals surface area contributed by atoms with Gasteiger partial charge in [0, 0.05) is 17.7 Å². The fourth-order valence-electron chi connectivity index (χ4n) is 2.94. The molecule has 10 nitrogen and oxygen atoms in total. The SMILES string of the molecule is CCOc1cc(/C=N/NC(=O)c2cccc([N+](=O)[O-])c2)cc(I)c1OCC(=O)Nc1ccccc1Cl. The van der Waals surface area contributed by atoms with E-state index in [2.05, 4.69) is 15.8 Å². The summed E-state index contributed by atoms with van der Waals surface area (Å²) in [6.45, 7) is 1.89. The Morgan fingerprint density at radius 3 is 2.64 bits per heavy atom. The monoisotopic (exact) mass is 622 g/mol. The number of para-hydroxylation sites is 1. The van der Waals surface area contributed by atoms with Crippen molar-refractivity contribution in [2.45, 2.75) is 6.92 Å². The Kier molecular flexibility index (Phi) is 9.59. The molecule has 0 unspecified atom stereocenters. The van der Waals surface area contributed by atoms with E-state index in [0.29, 0.717) is 37.9 Å². The zero-order valence-electron chi connectivity index (χ0n) is 18.9. The molecule has 3 aromatic rings. The van der Waals surface area contributed by atoms with Crippen LogP contribution in [0.15, 0.2) is 65.8 Å². The van der Waals surface area contributed by atoms with E-state index >= 15 is 0 Å². The predicted octanol–water partition coefficient (Wildman–Crippen LogP) is 5.03. The van der Waals surface area contributed by atoms with Crippen LogP contribution in [0.2, 0.25) is 5.02 Å². The Morgan fingerprint density at radius 2 is 1.92 bits per heavy atom. The Labute approximate surface area is 224 Å².